The summed E-state index contributed by atoms with van der Waals surface area (Å²) in [6.07, 6.45) is 0. The summed E-state index contributed by atoms with van der Waals surface area (Å²) in [5.74, 6) is 0. The summed E-state index contributed by atoms with van der Waals surface area (Å²) in [4.78, 5) is 0. The molecule has 0 heterocycles. The maximum Gasteiger partial charge on any atom is 0.108 e. The van der Waals surface area contributed by atoms with Crippen molar-refractivity contribution < 1.29 is 5.11 Å². The van der Waals surface area contributed by atoms with Gasteiger partial charge in [-0.1, -0.05) is 49.1 Å². The highest BCUT2D eigenvalue weighted by atomic mass is 28.3. The second-order valence-corrected chi connectivity index (χ2v) is 10.9. The first-order valence-corrected chi connectivity index (χ1v) is 9.30. The minimum absolute atomic E-state index is 0.772. The molecular weight excluding hydrogens is 212 g/mol. The van der Waals surface area contributed by atoms with Gasteiger partial charge in [0.05, 0.1) is 8.07 Å². The second kappa shape index (κ2) is 3.31. The Morgan fingerprint density at radius 3 is 2.25 bits per heavy atom. The van der Waals surface area contributed by atoms with E-state index in [1.54, 1.807) is 0 Å². The fourth-order valence-corrected chi connectivity index (χ4v) is 5.13. The molecular formula is C14H20OSi. The molecule has 0 amide bonds. The molecule has 0 aromatic heterocycles. The molecule has 0 bridgehead atoms. The molecule has 0 radical (unpaired) electrons. The highest BCUT2D eigenvalue weighted by Crippen LogP contribution is 2.47. The molecule has 1 aromatic rings. The van der Waals surface area contributed by atoms with Gasteiger partial charge in [-0.05, 0) is 30.5 Å². The lowest BCUT2D eigenvalue weighted by molar-refractivity contribution is 0.102. The summed E-state index contributed by atoms with van der Waals surface area (Å²) < 4.78 is 0. The Morgan fingerprint density at radius 1 is 1.12 bits per heavy atom. The SMILES string of the molecule is CC1=C([Si](C)(C)C)c2ccccc2C1(C)O. The number of hydrogen-bond acceptors (Lipinski definition) is 1. The standard InChI is InChI=1S/C14H20OSi/c1-10-13(16(3,4)5)11-8-6-7-9-12(11)14(10,2)15/h6-9,15H,1-5H3. The highest BCUT2D eigenvalue weighted by molar-refractivity contribution is 6.94. The third-order valence-corrected chi connectivity index (χ3v) is 5.72. The summed E-state index contributed by atoms with van der Waals surface area (Å²) in [6.45, 7) is 11.0. The molecule has 2 rings (SSSR count). The third kappa shape index (κ3) is 1.48. The maximum absolute atomic E-state index is 10.6. The van der Waals surface area contributed by atoms with Crippen LogP contribution >= 0.6 is 0 Å². The molecule has 2 heteroatoms. The predicted molar refractivity (Wildman–Crippen MR) is 72.0 cm³/mol. The fraction of sp³-hybridized carbons (Fsp3) is 0.429. The summed E-state index contributed by atoms with van der Waals surface area (Å²) >= 11 is 0. The van der Waals surface area contributed by atoms with Crippen LogP contribution in [0, 0.1) is 0 Å². The van der Waals surface area contributed by atoms with Crippen molar-refractivity contribution in [3.8, 4) is 0 Å². The number of rotatable bonds is 1. The molecule has 1 unspecified atom stereocenters. The molecule has 0 aliphatic heterocycles. The van der Waals surface area contributed by atoms with E-state index in [1.165, 1.54) is 10.8 Å². The van der Waals surface area contributed by atoms with Crippen molar-refractivity contribution in [2.75, 3.05) is 0 Å². The average Bonchev–Trinajstić information content (AvgIpc) is 2.35. The van der Waals surface area contributed by atoms with Gasteiger partial charge in [0.25, 0.3) is 0 Å². The van der Waals surface area contributed by atoms with E-state index in [2.05, 4.69) is 38.7 Å². The van der Waals surface area contributed by atoms with Gasteiger partial charge in [0.1, 0.15) is 5.60 Å². The van der Waals surface area contributed by atoms with Crippen molar-refractivity contribution in [1.29, 1.82) is 0 Å². The van der Waals surface area contributed by atoms with E-state index in [0.29, 0.717) is 0 Å². The molecule has 1 N–H and O–H groups in total. The van der Waals surface area contributed by atoms with Gasteiger partial charge in [0.15, 0.2) is 0 Å². The van der Waals surface area contributed by atoms with Gasteiger partial charge < -0.3 is 5.11 Å². The Kier molecular flexibility index (Phi) is 2.41. The van der Waals surface area contributed by atoms with Crippen LogP contribution in [0.4, 0.5) is 0 Å². The van der Waals surface area contributed by atoms with E-state index in [0.717, 1.165) is 11.1 Å². The van der Waals surface area contributed by atoms with Gasteiger partial charge in [-0.15, -0.1) is 0 Å². The van der Waals surface area contributed by atoms with E-state index in [4.69, 9.17) is 0 Å². The van der Waals surface area contributed by atoms with Crippen LogP contribution in [-0.2, 0) is 5.60 Å². The largest absolute Gasteiger partial charge is 0.381 e. The van der Waals surface area contributed by atoms with Crippen molar-refractivity contribution in [2.45, 2.75) is 39.1 Å². The number of hydrogen-bond donors (Lipinski definition) is 1. The summed E-state index contributed by atoms with van der Waals surface area (Å²) in [5, 5.41) is 12.0. The number of aliphatic hydroxyl groups is 1. The Balaban J connectivity index is 2.75. The summed E-state index contributed by atoms with van der Waals surface area (Å²) in [7, 11) is -1.41. The molecule has 0 spiro atoms. The Morgan fingerprint density at radius 2 is 1.69 bits per heavy atom. The molecule has 1 aliphatic rings. The lowest BCUT2D eigenvalue weighted by atomic mass is 9.94. The quantitative estimate of drug-likeness (QED) is 0.734. The fourth-order valence-electron chi connectivity index (χ4n) is 2.74. The maximum atomic E-state index is 10.6. The van der Waals surface area contributed by atoms with Crippen LogP contribution in [0.25, 0.3) is 5.20 Å². The molecule has 86 valence electrons. The smallest absolute Gasteiger partial charge is 0.108 e. The van der Waals surface area contributed by atoms with Crippen molar-refractivity contribution in [1.82, 2.24) is 0 Å². The van der Waals surface area contributed by atoms with Crippen LogP contribution in [0.5, 0.6) is 0 Å². The second-order valence-electron chi connectivity index (χ2n) is 5.87. The van der Waals surface area contributed by atoms with Gasteiger partial charge in [0, 0.05) is 0 Å². The van der Waals surface area contributed by atoms with E-state index >= 15 is 0 Å². The Hall–Kier alpha value is -0.863. The predicted octanol–water partition coefficient (Wildman–Crippen LogP) is 3.56. The number of fused-ring (bicyclic) bond motifs is 1. The Labute approximate surface area is 98.8 Å². The Bertz CT molecular complexity index is 464. The molecule has 1 aromatic carbocycles. The molecule has 1 nitrogen and oxygen atoms in total. The molecule has 1 aliphatic carbocycles. The first-order valence-electron chi connectivity index (χ1n) is 5.80. The van der Waals surface area contributed by atoms with Crippen molar-refractivity contribution in [2.24, 2.45) is 0 Å². The summed E-state index contributed by atoms with van der Waals surface area (Å²) in [5.41, 5.74) is 2.72. The molecule has 1 atom stereocenters. The zero-order valence-electron chi connectivity index (χ0n) is 10.8. The normalized spacial score (nSPS) is 24.9. The van der Waals surface area contributed by atoms with Crippen LogP contribution in [-0.4, -0.2) is 13.2 Å². The van der Waals surface area contributed by atoms with E-state index in [-0.39, 0.29) is 0 Å². The first kappa shape index (κ1) is 11.6. The zero-order valence-corrected chi connectivity index (χ0v) is 11.8. The topological polar surface area (TPSA) is 20.2 Å². The molecule has 0 saturated carbocycles. The monoisotopic (exact) mass is 232 g/mol. The van der Waals surface area contributed by atoms with Crippen LogP contribution in [0.2, 0.25) is 19.6 Å². The summed E-state index contributed by atoms with van der Waals surface area (Å²) in [6, 6.07) is 8.27. The minimum Gasteiger partial charge on any atom is -0.381 e. The van der Waals surface area contributed by atoms with Crippen molar-refractivity contribution in [3.05, 3.63) is 41.0 Å². The third-order valence-electron chi connectivity index (χ3n) is 3.58. The lowest BCUT2D eigenvalue weighted by Gasteiger charge is -2.23. The van der Waals surface area contributed by atoms with Gasteiger partial charge in [-0.2, -0.15) is 0 Å². The van der Waals surface area contributed by atoms with Crippen molar-refractivity contribution >= 4 is 13.3 Å². The van der Waals surface area contributed by atoms with E-state index in [9.17, 15) is 5.11 Å². The van der Waals surface area contributed by atoms with Gasteiger partial charge in [-0.25, -0.2) is 0 Å². The van der Waals surface area contributed by atoms with E-state index in [1.807, 2.05) is 19.1 Å². The molecule has 16 heavy (non-hydrogen) atoms. The van der Waals surface area contributed by atoms with Crippen LogP contribution in [0.1, 0.15) is 25.0 Å². The zero-order chi connectivity index (χ0) is 12.1. The number of benzene rings is 1. The minimum atomic E-state index is -1.41. The molecule has 0 fully saturated rings. The van der Waals surface area contributed by atoms with Crippen LogP contribution in [0.15, 0.2) is 29.8 Å². The molecule has 0 saturated heterocycles. The van der Waals surface area contributed by atoms with Crippen LogP contribution < -0.4 is 0 Å². The van der Waals surface area contributed by atoms with Crippen molar-refractivity contribution in [3.63, 3.8) is 0 Å². The van der Waals surface area contributed by atoms with Gasteiger partial charge in [0.2, 0.25) is 0 Å². The van der Waals surface area contributed by atoms with Gasteiger partial charge in [-0.3, -0.25) is 0 Å². The van der Waals surface area contributed by atoms with Gasteiger partial charge >= 0.3 is 0 Å². The van der Waals surface area contributed by atoms with Crippen LogP contribution in [0.3, 0.4) is 0 Å². The lowest BCUT2D eigenvalue weighted by Crippen LogP contribution is -2.24. The first-order chi connectivity index (χ1) is 7.26. The highest BCUT2D eigenvalue weighted by Gasteiger charge is 2.40. The average molecular weight is 232 g/mol. The van der Waals surface area contributed by atoms with E-state index < -0.39 is 13.7 Å².